The first-order valence-electron chi connectivity index (χ1n) is 6.60. The second-order valence-corrected chi connectivity index (χ2v) is 5.44. The molecule has 0 fully saturated rings. The van der Waals surface area contributed by atoms with Crippen LogP contribution in [0, 0.1) is 6.92 Å². The average molecular weight is 276 g/mol. The van der Waals surface area contributed by atoms with Gasteiger partial charge in [0.1, 0.15) is 5.01 Å². The molecule has 1 N–H and O–H groups in total. The first-order chi connectivity index (χ1) is 9.22. The Morgan fingerprint density at radius 3 is 2.53 bits per heavy atom. The molecule has 0 unspecified atom stereocenters. The van der Waals surface area contributed by atoms with Gasteiger partial charge in [-0.2, -0.15) is 0 Å². The summed E-state index contributed by atoms with van der Waals surface area (Å²) in [6.45, 7) is 8.97. The Hall–Kier alpha value is -1.62. The summed E-state index contributed by atoms with van der Waals surface area (Å²) in [7, 11) is 0. The van der Waals surface area contributed by atoms with Gasteiger partial charge in [0.2, 0.25) is 5.13 Å². The molecular weight excluding hydrogens is 256 g/mol. The lowest BCUT2D eigenvalue weighted by Crippen LogP contribution is -2.21. The van der Waals surface area contributed by atoms with E-state index in [0.717, 1.165) is 29.8 Å². The molecule has 1 heterocycles. The number of benzene rings is 1. The van der Waals surface area contributed by atoms with E-state index in [2.05, 4.69) is 65.5 Å². The number of nitrogens with one attached hydrogen (secondary N) is 1. The molecule has 0 radical (unpaired) electrons. The zero-order chi connectivity index (χ0) is 13.7. The van der Waals surface area contributed by atoms with Crippen molar-refractivity contribution in [2.45, 2.75) is 27.3 Å². The van der Waals surface area contributed by atoms with Gasteiger partial charge in [0.25, 0.3) is 0 Å². The maximum atomic E-state index is 4.23. The van der Waals surface area contributed by atoms with Crippen molar-refractivity contribution in [2.75, 3.05) is 23.3 Å². The first kappa shape index (κ1) is 13.8. The van der Waals surface area contributed by atoms with Gasteiger partial charge in [-0.05, 0) is 32.9 Å². The molecule has 0 amide bonds. The van der Waals surface area contributed by atoms with Crippen LogP contribution in [0.25, 0.3) is 0 Å². The Kier molecular flexibility index (Phi) is 4.74. The Labute approximate surface area is 118 Å². The Morgan fingerprint density at radius 1 is 1.16 bits per heavy atom. The van der Waals surface area contributed by atoms with Crippen molar-refractivity contribution in [3.63, 3.8) is 0 Å². The van der Waals surface area contributed by atoms with Crippen molar-refractivity contribution in [1.29, 1.82) is 0 Å². The number of hydrogen-bond acceptors (Lipinski definition) is 5. The molecule has 0 saturated carbocycles. The highest BCUT2D eigenvalue weighted by molar-refractivity contribution is 7.15. The third kappa shape index (κ3) is 3.67. The maximum absolute atomic E-state index is 4.23. The third-order valence-electron chi connectivity index (χ3n) is 2.90. The van der Waals surface area contributed by atoms with Crippen LogP contribution in [-0.4, -0.2) is 23.3 Å². The molecule has 0 spiro atoms. The van der Waals surface area contributed by atoms with Crippen LogP contribution in [0.1, 0.15) is 24.4 Å². The van der Waals surface area contributed by atoms with Crippen LogP contribution < -0.4 is 10.2 Å². The average Bonchev–Trinajstić information content (AvgIpc) is 2.85. The summed E-state index contributed by atoms with van der Waals surface area (Å²) in [6, 6.07) is 8.60. The summed E-state index contributed by atoms with van der Waals surface area (Å²) in [6.07, 6.45) is 0. The van der Waals surface area contributed by atoms with Crippen LogP contribution in [0.5, 0.6) is 0 Å². The van der Waals surface area contributed by atoms with E-state index in [4.69, 9.17) is 0 Å². The summed E-state index contributed by atoms with van der Waals surface area (Å²) >= 11 is 1.62. The summed E-state index contributed by atoms with van der Waals surface area (Å²) in [4.78, 5) is 2.30. The zero-order valence-electron chi connectivity index (χ0n) is 11.7. The number of anilines is 2. The van der Waals surface area contributed by atoms with Crippen molar-refractivity contribution in [3.8, 4) is 0 Å². The van der Waals surface area contributed by atoms with Crippen LogP contribution in [-0.2, 0) is 6.54 Å². The molecule has 4 nitrogen and oxygen atoms in total. The van der Waals surface area contributed by atoms with E-state index in [1.807, 2.05) is 0 Å². The van der Waals surface area contributed by atoms with Crippen molar-refractivity contribution in [3.05, 3.63) is 34.8 Å². The van der Waals surface area contributed by atoms with Crippen LogP contribution in [0.3, 0.4) is 0 Å². The SMILES string of the molecule is CCNc1nnc(CN(CC)c2ccc(C)cc2)s1. The van der Waals surface area contributed by atoms with E-state index < -0.39 is 0 Å². The smallest absolute Gasteiger partial charge is 0.205 e. The Morgan fingerprint density at radius 2 is 1.89 bits per heavy atom. The van der Waals surface area contributed by atoms with E-state index in [1.165, 1.54) is 11.3 Å². The number of aromatic nitrogens is 2. The van der Waals surface area contributed by atoms with Gasteiger partial charge in [0, 0.05) is 18.8 Å². The first-order valence-corrected chi connectivity index (χ1v) is 7.42. The standard InChI is InChI=1S/C14H20N4S/c1-4-15-14-17-16-13(19-14)10-18(5-2)12-8-6-11(3)7-9-12/h6-9H,4-5,10H2,1-3H3,(H,15,17). The summed E-state index contributed by atoms with van der Waals surface area (Å²) in [5.74, 6) is 0. The largest absolute Gasteiger partial charge is 0.365 e. The van der Waals surface area contributed by atoms with Gasteiger partial charge in [-0.25, -0.2) is 0 Å². The molecule has 102 valence electrons. The van der Waals surface area contributed by atoms with Gasteiger partial charge in [0.05, 0.1) is 6.54 Å². The second kappa shape index (κ2) is 6.52. The molecule has 19 heavy (non-hydrogen) atoms. The predicted molar refractivity (Wildman–Crippen MR) is 82.0 cm³/mol. The van der Waals surface area contributed by atoms with Crippen LogP contribution >= 0.6 is 11.3 Å². The number of aryl methyl sites for hydroxylation is 1. The van der Waals surface area contributed by atoms with Crippen LogP contribution in [0.4, 0.5) is 10.8 Å². The Balaban J connectivity index is 2.07. The molecule has 0 atom stereocenters. The predicted octanol–water partition coefficient (Wildman–Crippen LogP) is 3.30. The fourth-order valence-electron chi connectivity index (χ4n) is 1.84. The zero-order valence-corrected chi connectivity index (χ0v) is 12.5. The van der Waals surface area contributed by atoms with Gasteiger partial charge in [-0.1, -0.05) is 29.0 Å². The molecule has 0 bridgehead atoms. The van der Waals surface area contributed by atoms with Crippen molar-refractivity contribution >= 4 is 22.2 Å². The summed E-state index contributed by atoms with van der Waals surface area (Å²) in [5.41, 5.74) is 2.51. The summed E-state index contributed by atoms with van der Waals surface area (Å²) in [5, 5.41) is 13.5. The van der Waals surface area contributed by atoms with Gasteiger partial charge < -0.3 is 10.2 Å². The topological polar surface area (TPSA) is 41.1 Å². The van der Waals surface area contributed by atoms with Gasteiger partial charge in [0.15, 0.2) is 0 Å². The minimum absolute atomic E-state index is 0.808. The molecule has 0 aliphatic carbocycles. The minimum Gasteiger partial charge on any atom is -0.365 e. The van der Waals surface area contributed by atoms with E-state index >= 15 is 0 Å². The lowest BCUT2D eigenvalue weighted by Gasteiger charge is -2.21. The normalized spacial score (nSPS) is 10.5. The monoisotopic (exact) mass is 276 g/mol. The van der Waals surface area contributed by atoms with E-state index in [0.29, 0.717) is 0 Å². The second-order valence-electron chi connectivity index (χ2n) is 4.38. The molecule has 0 saturated heterocycles. The maximum Gasteiger partial charge on any atom is 0.205 e. The lowest BCUT2D eigenvalue weighted by molar-refractivity contribution is 0.811. The van der Waals surface area contributed by atoms with E-state index in [9.17, 15) is 0 Å². The van der Waals surface area contributed by atoms with E-state index in [-0.39, 0.29) is 0 Å². The fourth-order valence-corrected chi connectivity index (χ4v) is 2.67. The Bertz CT molecular complexity index is 506. The highest BCUT2D eigenvalue weighted by Gasteiger charge is 2.09. The molecule has 2 aromatic rings. The molecular formula is C14H20N4S. The molecule has 1 aromatic carbocycles. The van der Waals surface area contributed by atoms with Gasteiger partial charge >= 0.3 is 0 Å². The summed E-state index contributed by atoms with van der Waals surface area (Å²) < 4.78 is 0. The molecule has 0 aliphatic heterocycles. The highest BCUT2D eigenvalue weighted by Crippen LogP contribution is 2.21. The third-order valence-corrected chi connectivity index (χ3v) is 3.77. The minimum atomic E-state index is 0.808. The highest BCUT2D eigenvalue weighted by atomic mass is 32.1. The molecule has 5 heteroatoms. The van der Waals surface area contributed by atoms with Crippen molar-refractivity contribution < 1.29 is 0 Å². The number of nitrogens with zero attached hydrogens (tertiary/aromatic N) is 3. The number of hydrogen-bond donors (Lipinski definition) is 1. The van der Waals surface area contributed by atoms with Crippen molar-refractivity contribution in [2.24, 2.45) is 0 Å². The molecule has 2 rings (SSSR count). The van der Waals surface area contributed by atoms with Crippen molar-refractivity contribution in [1.82, 2.24) is 10.2 Å². The lowest BCUT2D eigenvalue weighted by atomic mass is 10.2. The van der Waals surface area contributed by atoms with Crippen LogP contribution in [0.15, 0.2) is 24.3 Å². The van der Waals surface area contributed by atoms with E-state index in [1.54, 1.807) is 11.3 Å². The molecule has 1 aromatic heterocycles. The number of rotatable bonds is 6. The fraction of sp³-hybridized carbons (Fsp3) is 0.429. The quantitative estimate of drug-likeness (QED) is 0.879. The van der Waals surface area contributed by atoms with Gasteiger partial charge in [-0.3, -0.25) is 0 Å². The van der Waals surface area contributed by atoms with Gasteiger partial charge in [-0.15, -0.1) is 10.2 Å². The van der Waals surface area contributed by atoms with Crippen LogP contribution in [0.2, 0.25) is 0 Å². The molecule has 0 aliphatic rings.